The van der Waals surface area contributed by atoms with E-state index < -0.39 is 23.5 Å². The second kappa shape index (κ2) is 7.78. The van der Waals surface area contributed by atoms with Gasteiger partial charge in [-0.3, -0.25) is 4.79 Å². The highest BCUT2D eigenvalue weighted by atomic mass is 16.6. The molecule has 0 aromatic heterocycles. The Morgan fingerprint density at radius 2 is 2.04 bits per heavy atom. The zero-order valence-electron chi connectivity index (χ0n) is 13.9. The van der Waals surface area contributed by atoms with E-state index in [1.54, 1.807) is 6.92 Å². The number of nitrogens with zero attached hydrogens (tertiary/aromatic N) is 1. The van der Waals surface area contributed by atoms with Crippen molar-refractivity contribution in [3.8, 4) is 6.07 Å². The Kier molecular flexibility index (Phi) is 5.75. The monoisotopic (exact) mass is 327 g/mol. The average molecular weight is 327 g/mol. The smallest absolute Gasteiger partial charge is 0.347 e. The Bertz CT molecular complexity index is 662. The summed E-state index contributed by atoms with van der Waals surface area (Å²) >= 11 is 0. The number of rotatable bonds is 5. The van der Waals surface area contributed by atoms with Crippen molar-refractivity contribution in [2.45, 2.75) is 38.7 Å². The van der Waals surface area contributed by atoms with Crippen molar-refractivity contribution in [1.29, 1.82) is 5.26 Å². The van der Waals surface area contributed by atoms with E-state index in [1.807, 2.05) is 42.5 Å². The van der Waals surface area contributed by atoms with Gasteiger partial charge in [-0.15, -0.1) is 0 Å². The van der Waals surface area contributed by atoms with Crippen LogP contribution in [-0.2, 0) is 19.1 Å². The van der Waals surface area contributed by atoms with Crippen molar-refractivity contribution < 1.29 is 19.1 Å². The zero-order valence-corrected chi connectivity index (χ0v) is 13.9. The molecule has 2 rings (SSSR count). The lowest BCUT2D eigenvalue weighted by Crippen LogP contribution is -2.41. The van der Waals surface area contributed by atoms with Crippen LogP contribution in [0.2, 0.25) is 0 Å². The third kappa shape index (κ3) is 3.48. The SMILES string of the molecule is CCOC(=O)[C@H](C)OC(=O)[C@@]1(C#N)CC=CC[C@@H]1c1ccccc1. The van der Waals surface area contributed by atoms with Gasteiger partial charge in [-0.05, 0) is 32.3 Å². The summed E-state index contributed by atoms with van der Waals surface area (Å²) in [4.78, 5) is 24.5. The van der Waals surface area contributed by atoms with Gasteiger partial charge >= 0.3 is 11.9 Å². The van der Waals surface area contributed by atoms with Crippen molar-refractivity contribution in [2.75, 3.05) is 6.61 Å². The molecule has 1 aliphatic rings. The summed E-state index contributed by atoms with van der Waals surface area (Å²) in [6, 6.07) is 11.6. The molecule has 0 heterocycles. The lowest BCUT2D eigenvalue weighted by Gasteiger charge is -2.35. The molecule has 0 spiro atoms. The number of carbonyl (C=O) groups is 2. The highest BCUT2D eigenvalue weighted by molar-refractivity contribution is 5.85. The van der Waals surface area contributed by atoms with Crippen LogP contribution in [0.5, 0.6) is 0 Å². The molecule has 24 heavy (non-hydrogen) atoms. The molecule has 1 aliphatic carbocycles. The van der Waals surface area contributed by atoms with Crippen molar-refractivity contribution in [1.82, 2.24) is 0 Å². The molecule has 0 bridgehead atoms. The molecule has 3 atom stereocenters. The van der Waals surface area contributed by atoms with Crippen LogP contribution in [0.3, 0.4) is 0 Å². The second-order valence-corrected chi connectivity index (χ2v) is 5.76. The number of ether oxygens (including phenoxy) is 2. The largest absolute Gasteiger partial charge is 0.463 e. The van der Waals surface area contributed by atoms with Crippen LogP contribution in [0.15, 0.2) is 42.5 Å². The molecule has 0 aliphatic heterocycles. The number of carbonyl (C=O) groups excluding carboxylic acids is 2. The number of esters is 2. The quantitative estimate of drug-likeness (QED) is 0.613. The Labute approximate surface area is 141 Å². The van der Waals surface area contributed by atoms with Crippen LogP contribution in [0, 0.1) is 16.7 Å². The molecule has 0 radical (unpaired) electrons. The summed E-state index contributed by atoms with van der Waals surface area (Å²) in [5, 5.41) is 9.80. The van der Waals surface area contributed by atoms with Crippen molar-refractivity contribution in [3.05, 3.63) is 48.0 Å². The number of allylic oxidation sites excluding steroid dienone is 2. The molecule has 0 saturated carbocycles. The van der Waals surface area contributed by atoms with E-state index >= 15 is 0 Å². The number of hydrogen-bond acceptors (Lipinski definition) is 5. The first kappa shape index (κ1) is 17.7. The van der Waals surface area contributed by atoms with Gasteiger partial charge in [-0.25, -0.2) is 4.79 Å². The summed E-state index contributed by atoms with van der Waals surface area (Å²) in [7, 11) is 0. The van der Waals surface area contributed by atoms with Crippen molar-refractivity contribution in [3.63, 3.8) is 0 Å². The van der Waals surface area contributed by atoms with Crippen molar-refractivity contribution in [2.24, 2.45) is 5.41 Å². The third-order valence-electron chi connectivity index (χ3n) is 4.24. The Morgan fingerprint density at radius 1 is 1.33 bits per heavy atom. The maximum absolute atomic E-state index is 12.8. The molecule has 0 N–H and O–H groups in total. The minimum atomic E-state index is -1.34. The fraction of sp³-hybridized carbons (Fsp3) is 0.421. The molecule has 1 aromatic carbocycles. The van der Waals surface area contributed by atoms with Crippen LogP contribution >= 0.6 is 0 Å². The summed E-state index contributed by atoms with van der Waals surface area (Å²) in [6.07, 6.45) is 3.58. The first-order valence-corrected chi connectivity index (χ1v) is 8.04. The van der Waals surface area contributed by atoms with Crippen molar-refractivity contribution >= 4 is 11.9 Å². The molecule has 1 aromatic rings. The summed E-state index contributed by atoms with van der Waals surface area (Å²) in [5.41, 5.74) is -0.430. The lowest BCUT2D eigenvalue weighted by molar-refractivity contribution is -0.172. The number of benzene rings is 1. The molecule has 0 saturated heterocycles. The number of hydrogen-bond donors (Lipinski definition) is 0. The minimum Gasteiger partial charge on any atom is -0.463 e. The molecule has 5 nitrogen and oxygen atoms in total. The Balaban J connectivity index is 2.28. The predicted octanol–water partition coefficient (Wildman–Crippen LogP) is 3.12. The second-order valence-electron chi connectivity index (χ2n) is 5.76. The first-order valence-electron chi connectivity index (χ1n) is 8.04. The maximum atomic E-state index is 12.8. The Hall–Kier alpha value is -2.61. The molecule has 0 fully saturated rings. The van der Waals surface area contributed by atoms with E-state index in [0.29, 0.717) is 6.42 Å². The van der Waals surface area contributed by atoms with Gasteiger partial charge in [0, 0.05) is 5.92 Å². The van der Waals surface area contributed by atoms with Gasteiger partial charge in [0.05, 0.1) is 12.7 Å². The van der Waals surface area contributed by atoms with E-state index in [9.17, 15) is 14.9 Å². The summed E-state index contributed by atoms with van der Waals surface area (Å²) in [5.74, 6) is -1.60. The van der Waals surface area contributed by atoms with E-state index in [1.165, 1.54) is 6.92 Å². The van der Waals surface area contributed by atoms with Gasteiger partial charge < -0.3 is 9.47 Å². The normalized spacial score (nSPS) is 23.8. The van der Waals surface area contributed by atoms with Gasteiger partial charge in [-0.1, -0.05) is 42.5 Å². The highest BCUT2D eigenvalue weighted by Crippen LogP contribution is 2.45. The fourth-order valence-corrected chi connectivity index (χ4v) is 2.92. The molecule has 5 heteroatoms. The van der Waals surface area contributed by atoms with E-state index in [2.05, 4.69) is 6.07 Å². The van der Waals surface area contributed by atoms with Gasteiger partial charge in [0.25, 0.3) is 0 Å². The molecular weight excluding hydrogens is 306 g/mol. The van der Waals surface area contributed by atoms with Gasteiger partial charge in [0.1, 0.15) is 0 Å². The minimum absolute atomic E-state index is 0.208. The standard InChI is InChI=1S/C19H21NO4/c1-3-23-17(21)14(2)24-18(22)19(13-20)12-8-7-11-16(19)15-9-5-4-6-10-15/h4-10,14,16H,3,11-12H2,1-2H3/t14-,16+,19+/m0/s1. The molecular formula is C19H21NO4. The number of nitriles is 1. The average Bonchev–Trinajstić information content (AvgIpc) is 2.62. The van der Waals surface area contributed by atoms with E-state index in [4.69, 9.17) is 9.47 Å². The van der Waals surface area contributed by atoms with Crippen LogP contribution < -0.4 is 0 Å². The fourth-order valence-electron chi connectivity index (χ4n) is 2.92. The van der Waals surface area contributed by atoms with Crippen LogP contribution in [0.1, 0.15) is 38.2 Å². The lowest BCUT2D eigenvalue weighted by atomic mass is 9.67. The third-order valence-corrected chi connectivity index (χ3v) is 4.24. The molecule has 0 unspecified atom stereocenters. The highest BCUT2D eigenvalue weighted by Gasteiger charge is 2.49. The topological polar surface area (TPSA) is 76.4 Å². The van der Waals surface area contributed by atoms with Gasteiger partial charge in [-0.2, -0.15) is 5.26 Å². The van der Waals surface area contributed by atoms with Gasteiger partial charge in [0.2, 0.25) is 0 Å². The first-order chi connectivity index (χ1) is 11.5. The summed E-state index contributed by atoms with van der Waals surface area (Å²) < 4.78 is 10.1. The predicted molar refractivity (Wildman–Crippen MR) is 87.8 cm³/mol. The molecule has 0 amide bonds. The van der Waals surface area contributed by atoms with Gasteiger partial charge in [0.15, 0.2) is 11.5 Å². The van der Waals surface area contributed by atoms with Crippen LogP contribution in [0.4, 0.5) is 0 Å². The zero-order chi connectivity index (χ0) is 17.6. The van der Waals surface area contributed by atoms with E-state index in [0.717, 1.165) is 5.56 Å². The Morgan fingerprint density at radius 3 is 2.67 bits per heavy atom. The molecule has 126 valence electrons. The summed E-state index contributed by atoms with van der Waals surface area (Å²) in [6.45, 7) is 3.34. The van der Waals surface area contributed by atoms with Crippen LogP contribution in [-0.4, -0.2) is 24.6 Å². The van der Waals surface area contributed by atoms with Crippen LogP contribution in [0.25, 0.3) is 0 Å². The maximum Gasteiger partial charge on any atom is 0.347 e. The van der Waals surface area contributed by atoms with E-state index in [-0.39, 0.29) is 18.9 Å².